The molecule has 1 aliphatic heterocycles. The first-order chi connectivity index (χ1) is 14.2. The molecule has 1 fully saturated rings. The van der Waals surface area contributed by atoms with Crippen molar-refractivity contribution < 1.29 is 23.1 Å². The van der Waals surface area contributed by atoms with Crippen LogP contribution in [-0.4, -0.2) is 42.8 Å². The molecule has 1 amide bonds. The van der Waals surface area contributed by atoms with Crippen molar-refractivity contribution in [3.05, 3.63) is 45.1 Å². The van der Waals surface area contributed by atoms with Gasteiger partial charge in [-0.25, -0.2) is 13.2 Å². The number of rotatable bonds is 5. The van der Waals surface area contributed by atoms with Gasteiger partial charge in [-0.15, -0.1) is 11.3 Å². The van der Waals surface area contributed by atoms with Crippen LogP contribution in [0.5, 0.6) is 0 Å². The quantitative estimate of drug-likeness (QED) is 0.723. The molecule has 8 nitrogen and oxygen atoms in total. The largest absolute Gasteiger partial charge is 0.478 e. The second-order valence-corrected chi connectivity index (χ2v) is 10.1. The maximum absolute atomic E-state index is 13.1. The van der Waals surface area contributed by atoms with Crippen LogP contribution in [-0.2, 0) is 10.0 Å². The molecule has 0 unspecified atom stereocenters. The van der Waals surface area contributed by atoms with Crippen molar-refractivity contribution in [2.24, 2.45) is 0 Å². The highest BCUT2D eigenvalue weighted by Crippen LogP contribution is 2.30. The van der Waals surface area contributed by atoms with Crippen LogP contribution < -0.4 is 5.32 Å². The highest BCUT2D eigenvalue weighted by molar-refractivity contribution is 7.89. The van der Waals surface area contributed by atoms with Gasteiger partial charge >= 0.3 is 5.97 Å². The molecule has 0 saturated carbocycles. The molecule has 0 spiro atoms. The normalized spacial score (nSPS) is 15.2. The molecule has 158 valence electrons. The van der Waals surface area contributed by atoms with E-state index in [0.29, 0.717) is 18.0 Å². The van der Waals surface area contributed by atoms with Crippen LogP contribution in [0.1, 0.15) is 56.2 Å². The summed E-state index contributed by atoms with van der Waals surface area (Å²) in [5.74, 6) is -1.89. The fourth-order valence-corrected chi connectivity index (χ4v) is 6.31. The molecule has 30 heavy (non-hydrogen) atoms. The van der Waals surface area contributed by atoms with E-state index in [0.717, 1.165) is 37.0 Å². The average Bonchev–Trinajstić information content (AvgIpc) is 2.92. The SMILES string of the molecule is Cc1sc(C(=O)Nc2ccc(C#N)cc2C(=O)O)cc1S(=O)(=O)N1CCCCCC1. The molecule has 10 heteroatoms. The highest BCUT2D eigenvalue weighted by atomic mass is 32.2. The summed E-state index contributed by atoms with van der Waals surface area (Å²) in [5, 5.41) is 20.8. The van der Waals surface area contributed by atoms with Gasteiger partial charge in [0.05, 0.1) is 32.7 Å². The lowest BCUT2D eigenvalue weighted by Crippen LogP contribution is -2.32. The molecule has 0 atom stereocenters. The number of sulfonamides is 1. The molecule has 2 N–H and O–H groups in total. The molecule has 2 heterocycles. The van der Waals surface area contributed by atoms with Gasteiger partial charge in [0.15, 0.2) is 0 Å². The number of nitriles is 1. The number of hydrogen-bond donors (Lipinski definition) is 2. The van der Waals surface area contributed by atoms with Gasteiger partial charge < -0.3 is 10.4 Å². The van der Waals surface area contributed by atoms with E-state index < -0.39 is 21.9 Å². The number of aromatic carboxylic acids is 1. The number of carbonyl (C=O) groups is 2. The Morgan fingerprint density at radius 3 is 2.43 bits per heavy atom. The van der Waals surface area contributed by atoms with Gasteiger partial charge in [-0.2, -0.15) is 9.57 Å². The third-order valence-electron chi connectivity index (χ3n) is 4.91. The number of carboxylic acids is 1. The number of carboxylic acid groups (broad SMARTS) is 1. The zero-order chi connectivity index (χ0) is 21.9. The van der Waals surface area contributed by atoms with Crippen LogP contribution in [0.15, 0.2) is 29.2 Å². The number of amides is 1. The second kappa shape index (κ2) is 8.95. The molecule has 1 saturated heterocycles. The molecule has 1 aromatic carbocycles. The monoisotopic (exact) mass is 447 g/mol. The Hall–Kier alpha value is -2.74. The minimum atomic E-state index is -3.70. The molecule has 0 aliphatic carbocycles. The van der Waals surface area contributed by atoms with E-state index in [9.17, 15) is 23.1 Å². The van der Waals surface area contributed by atoms with Gasteiger partial charge in [-0.1, -0.05) is 12.8 Å². The predicted octanol–water partition coefficient (Wildman–Crippen LogP) is 3.44. The van der Waals surface area contributed by atoms with E-state index in [1.54, 1.807) is 6.92 Å². The van der Waals surface area contributed by atoms with Crippen molar-refractivity contribution in [1.82, 2.24) is 4.31 Å². The number of nitrogens with zero attached hydrogens (tertiary/aromatic N) is 2. The summed E-state index contributed by atoms with van der Waals surface area (Å²) in [7, 11) is -3.70. The highest BCUT2D eigenvalue weighted by Gasteiger charge is 2.29. The third kappa shape index (κ3) is 4.53. The molecule has 3 rings (SSSR count). The first-order valence-electron chi connectivity index (χ1n) is 9.43. The van der Waals surface area contributed by atoms with E-state index in [4.69, 9.17) is 5.26 Å². The average molecular weight is 448 g/mol. The maximum Gasteiger partial charge on any atom is 0.337 e. The fraction of sp³-hybridized carbons (Fsp3) is 0.350. The lowest BCUT2D eigenvalue weighted by molar-refractivity contribution is 0.0698. The molecular weight excluding hydrogens is 426 g/mol. The molecule has 1 aromatic heterocycles. The van der Waals surface area contributed by atoms with E-state index >= 15 is 0 Å². The van der Waals surface area contributed by atoms with Crippen molar-refractivity contribution in [3.63, 3.8) is 0 Å². The van der Waals surface area contributed by atoms with Gasteiger partial charge in [0.1, 0.15) is 0 Å². The Morgan fingerprint density at radius 2 is 1.83 bits per heavy atom. The molecule has 0 radical (unpaired) electrons. The molecule has 1 aliphatic rings. The number of nitrogens with one attached hydrogen (secondary N) is 1. The number of benzene rings is 1. The fourth-order valence-electron chi connectivity index (χ4n) is 3.34. The van der Waals surface area contributed by atoms with E-state index in [1.807, 2.05) is 6.07 Å². The zero-order valence-corrected chi connectivity index (χ0v) is 18.0. The van der Waals surface area contributed by atoms with Crippen LogP contribution in [0, 0.1) is 18.3 Å². The van der Waals surface area contributed by atoms with Crippen LogP contribution in [0.25, 0.3) is 0 Å². The number of aryl methyl sites for hydroxylation is 1. The minimum Gasteiger partial charge on any atom is -0.478 e. The molecule has 0 bridgehead atoms. The van der Waals surface area contributed by atoms with Gasteiger partial charge in [0.25, 0.3) is 5.91 Å². The van der Waals surface area contributed by atoms with Crippen LogP contribution >= 0.6 is 11.3 Å². The standard InChI is InChI=1S/C20H21N3O5S2/c1-13-18(30(27,28)23-8-4-2-3-5-9-23)11-17(29-13)19(24)22-16-7-6-14(12-21)10-15(16)20(25)26/h6-7,10-11H,2-5,8-9H2,1H3,(H,22,24)(H,25,26). The first kappa shape index (κ1) is 22.0. The predicted molar refractivity (Wildman–Crippen MR) is 112 cm³/mol. The summed E-state index contributed by atoms with van der Waals surface area (Å²) in [6.07, 6.45) is 3.62. The van der Waals surface area contributed by atoms with Crippen molar-refractivity contribution >= 4 is 38.9 Å². The Bertz CT molecular complexity index is 1120. The number of thiophene rings is 1. The van der Waals surface area contributed by atoms with E-state index in [2.05, 4.69) is 5.32 Å². The van der Waals surface area contributed by atoms with Gasteiger partial charge in [0.2, 0.25) is 10.0 Å². The second-order valence-electron chi connectivity index (χ2n) is 6.98. The summed E-state index contributed by atoms with van der Waals surface area (Å²) < 4.78 is 27.6. The van der Waals surface area contributed by atoms with Crippen molar-refractivity contribution in [2.45, 2.75) is 37.5 Å². The Labute approximate surface area is 178 Å². The van der Waals surface area contributed by atoms with E-state index in [1.165, 1.54) is 28.6 Å². The van der Waals surface area contributed by atoms with Gasteiger partial charge in [-0.05, 0) is 44.0 Å². The summed E-state index contributed by atoms with van der Waals surface area (Å²) in [5.41, 5.74) is -0.0224. The molecular formula is C20H21N3O5S2. The summed E-state index contributed by atoms with van der Waals surface area (Å²) in [4.78, 5) is 24.9. The van der Waals surface area contributed by atoms with Gasteiger partial charge in [0, 0.05) is 18.0 Å². The number of hydrogen-bond acceptors (Lipinski definition) is 6. The molecule has 2 aromatic rings. The van der Waals surface area contributed by atoms with Crippen molar-refractivity contribution in [3.8, 4) is 6.07 Å². The Kier molecular flexibility index (Phi) is 6.55. The van der Waals surface area contributed by atoms with Gasteiger partial charge in [-0.3, -0.25) is 4.79 Å². The summed E-state index contributed by atoms with van der Waals surface area (Å²) in [6, 6.07) is 7.11. The number of carbonyl (C=O) groups excluding carboxylic acids is 1. The van der Waals surface area contributed by atoms with E-state index in [-0.39, 0.29) is 26.6 Å². The smallest absolute Gasteiger partial charge is 0.337 e. The lowest BCUT2D eigenvalue weighted by Gasteiger charge is -2.19. The van der Waals surface area contributed by atoms with Crippen LogP contribution in [0.3, 0.4) is 0 Å². The lowest BCUT2D eigenvalue weighted by atomic mass is 10.1. The van der Waals surface area contributed by atoms with Crippen molar-refractivity contribution in [1.29, 1.82) is 5.26 Å². The zero-order valence-electron chi connectivity index (χ0n) is 16.3. The third-order valence-corrected chi connectivity index (χ3v) is 8.11. The van der Waals surface area contributed by atoms with Crippen LogP contribution in [0.4, 0.5) is 5.69 Å². The Balaban J connectivity index is 1.87. The topological polar surface area (TPSA) is 128 Å². The van der Waals surface area contributed by atoms with Crippen LogP contribution in [0.2, 0.25) is 0 Å². The summed E-state index contributed by atoms with van der Waals surface area (Å²) in [6.45, 7) is 2.58. The first-order valence-corrected chi connectivity index (χ1v) is 11.7. The van der Waals surface area contributed by atoms with Crippen molar-refractivity contribution in [2.75, 3.05) is 18.4 Å². The Morgan fingerprint density at radius 1 is 1.17 bits per heavy atom. The minimum absolute atomic E-state index is 0.0366. The maximum atomic E-state index is 13.1. The summed E-state index contributed by atoms with van der Waals surface area (Å²) >= 11 is 1.04. The number of anilines is 1.